The summed E-state index contributed by atoms with van der Waals surface area (Å²) in [6.07, 6.45) is 3.78. The summed E-state index contributed by atoms with van der Waals surface area (Å²) >= 11 is 0. The average Bonchev–Trinajstić information content (AvgIpc) is 3.25. The number of hydrogen-bond donors (Lipinski definition) is 1. The third-order valence-electron chi connectivity index (χ3n) is 7.41. The second kappa shape index (κ2) is 10.1. The summed E-state index contributed by atoms with van der Waals surface area (Å²) in [6.45, 7) is 8.29. The molecule has 2 aliphatic rings. The summed E-state index contributed by atoms with van der Waals surface area (Å²) in [4.78, 5) is 26.3. The predicted octanol–water partition coefficient (Wildman–Crippen LogP) is 5.23. The summed E-state index contributed by atoms with van der Waals surface area (Å²) in [5.74, 6) is 1.59. The van der Waals surface area contributed by atoms with Crippen molar-refractivity contribution in [3.05, 3.63) is 97.9 Å². The van der Waals surface area contributed by atoms with Crippen molar-refractivity contribution >= 4 is 17.0 Å². The average molecular weight is 528 g/mol. The Balaban J connectivity index is 1.46. The normalized spacial score (nSPS) is 15.6. The molecule has 0 bridgehead atoms. The van der Waals surface area contributed by atoms with Crippen LogP contribution in [0.1, 0.15) is 71.8 Å². The van der Waals surface area contributed by atoms with E-state index in [1.54, 1.807) is 6.07 Å². The fraction of sp³-hybridized carbons (Fsp3) is 0.333. The van der Waals surface area contributed by atoms with E-state index in [2.05, 4.69) is 40.2 Å². The fourth-order valence-electron chi connectivity index (χ4n) is 5.41. The van der Waals surface area contributed by atoms with Gasteiger partial charge in [-0.25, -0.2) is 19.2 Å². The van der Waals surface area contributed by atoms with E-state index in [4.69, 9.17) is 19.2 Å². The van der Waals surface area contributed by atoms with Crippen LogP contribution in [0.4, 0.5) is 10.2 Å². The van der Waals surface area contributed by atoms with Crippen molar-refractivity contribution in [3.63, 3.8) is 0 Å². The van der Waals surface area contributed by atoms with Gasteiger partial charge in [-0.2, -0.15) is 0 Å². The van der Waals surface area contributed by atoms with Gasteiger partial charge in [0.1, 0.15) is 29.8 Å². The molecule has 9 heteroatoms. The van der Waals surface area contributed by atoms with Gasteiger partial charge in [-0.1, -0.05) is 36.7 Å². The summed E-state index contributed by atoms with van der Waals surface area (Å²) in [6, 6.07) is 10.8. The first kappa shape index (κ1) is 25.0. The van der Waals surface area contributed by atoms with Gasteiger partial charge in [0.25, 0.3) is 0 Å². The zero-order chi connectivity index (χ0) is 27.1. The van der Waals surface area contributed by atoms with Gasteiger partial charge >= 0.3 is 5.76 Å². The first-order chi connectivity index (χ1) is 18.9. The molecule has 4 heterocycles. The van der Waals surface area contributed by atoms with E-state index in [0.29, 0.717) is 23.6 Å². The molecule has 0 spiro atoms. The van der Waals surface area contributed by atoms with Crippen molar-refractivity contribution in [1.29, 1.82) is 0 Å². The number of rotatable bonds is 6. The monoisotopic (exact) mass is 527 g/mol. The lowest BCUT2D eigenvalue weighted by atomic mass is 9.88. The third-order valence-corrected chi connectivity index (χ3v) is 7.41. The number of aromatic nitrogens is 4. The Kier molecular flexibility index (Phi) is 6.50. The summed E-state index contributed by atoms with van der Waals surface area (Å²) in [7, 11) is 0. The largest absolute Gasteiger partial charge is 0.488 e. The lowest BCUT2D eigenvalue weighted by molar-refractivity contribution is 0.305. The topological polar surface area (TPSA) is 97.1 Å². The summed E-state index contributed by atoms with van der Waals surface area (Å²) in [5, 5.41) is 3.90. The number of nitrogens with one attached hydrogen (secondary N) is 1. The standard InChI is InChI=1S/C30H30FN5O3/c1-4-6-25-24(29(33-18(3)32-25)36-11-5-12-36)14-19-7-9-22-20(13-19)16-38-26-15-21(31)8-10-23(26)27(22)17(2)28-34-30(37)39-35-28/h7-10,13,15H,4-6,11-12,14,16H2,1-3H3,(H,34,35,37). The van der Waals surface area contributed by atoms with Crippen molar-refractivity contribution in [2.45, 2.75) is 53.1 Å². The number of benzene rings is 2. The molecule has 0 amide bonds. The van der Waals surface area contributed by atoms with Crippen molar-refractivity contribution in [2.24, 2.45) is 0 Å². The minimum absolute atomic E-state index is 0.275. The minimum Gasteiger partial charge on any atom is -0.488 e. The SMILES string of the molecule is CCCc1nc(C)nc(N2CCC2)c1Cc1ccc2c(c1)COc1cc(F)ccc1C2=C(C)c1noc(=O)[nH]1. The van der Waals surface area contributed by atoms with Crippen LogP contribution in [0.15, 0.2) is 45.7 Å². The first-order valence-electron chi connectivity index (χ1n) is 13.3. The molecule has 0 saturated carbocycles. The van der Waals surface area contributed by atoms with Crippen molar-refractivity contribution < 1.29 is 13.7 Å². The van der Waals surface area contributed by atoms with Crippen LogP contribution in [-0.2, 0) is 19.4 Å². The lowest BCUT2D eigenvalue weighted by Gasteiger charge is -2.34. The highest BCUT2D eigenvalue weighted by molar-refractivity contribution is 5.99. The van der Waals surface area contributed by atoms with Gasteiger partial charge in [0.15, 0.2) is 5.82 Å². The highest BCUT2D eigenvalue weighted by Gasteiger charge is 2.26. The van der Waals surface area contributed by atoms with E-state index in [0.717, 1.165) is 71.1 Å². The van der Waals surface area contributed by atoms with Crippen LogP contribution >= 0.6 is 0 Å². The molecule has 6 rings (SSSR count). The third kappa shape index (κ3) is 4.73. The van der Waals surface area contributed by atoms with Crippen molar-refractivity contribution in [2.75, 3.05) is 18.0 Å². The molecule has 1 N–H and O–H groups in total. The van der Waals surface area contributed by atoms with E-state index in [9.17, 15) is 9.18 Å². The molecule has 2 aromatic carbocycles. The quantitative estimate of drug-likeness (QED) is 0.367. The molecule has 0 radical (unpaired) electrons. The second-order valence-electron chi connectivity index (χ2n) is 10.2. The number of aryl methyl sites for hydroxylation is 2. The molecule has 0 unspecified atom stereocenters. The molecule has 39 heavy (non-hydrogen) atoms. The molecular weight excluding hydrogens is 497 g/mol. The number of nitrogens with zero attached hydrogens (tertiary/aromatic N) is 4. The van der Waals surface area contributed by atoms with Gasteiger partial charge in [-0.05, 0) is 61.1 Å². The molecular formula is C30H30FN5O3. The van der Waals surface area contributed by atoms with Crippen LogP contribution in [0.2, 0.25) is 0 Å². The molecule has 8 nitrogen and oxygen atoms in total. The molecule has 4 aromatic rings. The maximum atomic E-state index is 14.2. The van der Waals surface area contributed by atoms with E-state index >= 15 is 0 Å². The van der Waals surface area contributed by atoms with Gasteiger partial charge in [0.2, 0.25) is 0 Å². The van der Waals surface area contributed by atoms with Gasteiger partial charge in [-0.3, -0.25) is 9.51 Å². The van der Waals surface area contributed by atoms with Crippen LogP contribution in [0.5, 0.6) is 5.75 Å². The van der Waals surface area contributed by atoms with Gasteiger partial charge < -0.3 is 9.64 Å². The lowest BCUT2D eigenvalue weighted by Crippen LogP contribution is -2.39. The van der Waals surface area contributed by atoms with Crippen LogP contribution in [-0.4, -0.2) is 33.2 Å². The van der Waals surface area contributed by atoms with Gasteiger partial charge in [0.05, 0.1) is 0 Å². The zero-order valence-corrected chi connectivity index (χ0v) is 22.3. The fourth-order valence-corrected chi connectivity index (χ4v) is 5.41. The van der Waals surface area contributed by atoms with Crippen LogP contribution in [0.3, 0.4) is 0 Å². The van der Waals surface area contributed by atoms with Gasteiger partial charge in [0, 0.05) is 48.0 Å². The van der Waals surface area contributed by atoms with Crippen LogP contribution < -0.4 is 15.4 Å². The number of ether oxygens (including phenoxy) is 1. The van der Waals surface area contributed by atoms with E-state index in [-0.39, 0.29) is 12.4 Å². The first-order valence-corrected chi connectivity index (χ1v) is 13.3. The number of halogens is 1. The number of allylic oxidation sites excluding steroid dienone is 1. The Labute approximate surface area is 225 Å². The zero-order valence-electron chi connectivity index (χ0n) is 22.3. The molecule has 0 aliphatic carbocycles. The Morgan fingerprint density at radius 1 is 1.13 bits per heavy atom. The Morgan fingerprint density at radius 2 is 1.95 bits per heavy atom. The minimum atomic E-state index is -0.633. The molecule has 1 fully saturated rings. The number of aromatic amines is 1. The second-order valence-corrected chi connectivity index (χ2v) is 10.2. The maximum absolute atomic E-state index is 14.2. The smallest absolute Gasteiger partial charge is 0.439 e. The Morgan fingerprint density at radius 3 is 2.67 bits per heavy atom. The van der Waals surface area contributed by atoms with Crippen LogP contribution in [0, 0.1) is 12.7 Å². The summed E-state index contributed by atoms with van der Waals surface area (Å²) in [5.41, 5.74) is 7.52. The molecule has 0 atom stereocenters. The molecule has 200 valence electrons. The Hall–Kier alpha value is -4.27. The molecule has 2 aromatic heterocycles. The highest BCUT2D eigenvalue weighted by Crippen LogP contribution is 2.41. The van der Waals surface area contributed by atoms with Gasteiger partial charge in [-0.15, -0.1) is 0 Å². The van der Waals surface area contributed by atoms with Crippen LogP contribution in [0.25, 0.3) is 11.1 Å². The predicted molar refractivity (Wildman–Crippen MR) is 146 cm³/mol. The number of hydrogen-bond acceptors (Lipinski definition) is 7. The highest BCUT2D eigenvalue weighted by atomic mass is 19.1. The number of fused-ring (bicyclic) bond motifs is 2. The molecule has 2 aliphatic heterocycles. The van der Waals surface area contributed by atoms with E-state index in [1.807, 2.05) is 13.8 Å². The molecule has 1 saturated heterocycles. The maximum Gasteiger partial charge on any atom is 0.439 e. The van der Waals surface area contributed by atoms with Crippen molar-refractivity contribution in [3.8, 4) is 5.75 Å². The van der Waals surface area contributed by atoms with Crippen molar-refractivity contribution in [1.82, 2.24) is 20.1 Å². The summed E-state index contributed by atoms with van der Waals surface area (Å²) < 4.78 is 25.1. The number of anilines is 1. The van der Waals surface area contributed by atoms with E-state index < -0.39 is 5.76 Å². The van der Waals surface area contributed by atoms with E-state index in [1.165, 1.54) is 24.1 Å². The number of H-pyrrole nitrogens is 1. The Bertz CT molecular complexity index is 1650.